The smallest absolute Gasteiger partial charge is 0.504 e. The average Bonchev–Trinajstić information content (AvgIpc) is 2.78. The summed E-state index contributed by atoms with van der Waals surface area (Å²) in [6, 6.07) is 10.4. The van der Waals surface area contributed by atoms with E-state index in [0.717, 1.165) is 10.8 Å². The molecule has 0 spiro atoms. The fraction of sp³-hybridized carbons (Fsp3) is 0. The fourth-order valence-corrected chi connectivity index (χ4v) is 2.20. The third-order valence-electron chi connectivity index (χ3n) is 3.02. The Balaban J connectivity index is 2.38. The molecule has 3 rings (SSSR count). The lowest BCUT2D eigenvalue weighted by Crippen LogP contribution is -2.29. The Morgan fingerprint density at radius 3 is 2.37 bits per heavy atom. The number of benzene rings is 2. The van der Waals surface area contributed by atoms with Gasteiger partial charge in [0, 0.05) is 16.2 Å². The molecule has 5 nitrogen and oxygen atoms in total. The van der Waals surface area contributed by atoms with Gasteiger partial charge in [0.2, 0.25) is 0 Å². The molecule has 3 aromatic rings. The molecule has 94 valence electrons. The summed E-state index contributed by atoms with van der Waals surface area (Å²) >= 11 is 0. The van der Waals surface area contributed by atoms with Gasteiger partial charge in [-0.05, 0) is 6.07 Å². The molecule has 0 amide bonds. The lowest BCUT2D eigenvalue weighted by Gasteiger charge is -2.01. The first-order chi connectivity index (χ1) is 9.22. The Morgan fingerprint density at radius 1 is 1.00 bits per heavy atom. The van der Waals surface area contributed by atoms with Gasteiger partial charge in [0.05, 0.1) is 0 Å². The van der Waals surface area contributed by atoms with E-state index in [-0.39, 0.29) is 0 Å². The van der Waals surface area contributed by atoms with E-state index in [1.165, 1.54) is 0 Å². The predicted octanol–water partition coefficient (Wildman–Crippen LogP) is -0.0966. The van der Waals surface area contributed by atoms with E-state index < -0.39 is 14.8 Å². The van der Waals surface area contributed by atoms with E-state index in [4.69, 9.17) is 14.1 Å². The van der Waals surface area contributed by atoms with Crippen molar-refractivity contribution in [1.29, 1.82) is 0 Å². The normalized spacial score (nSPS) is 10.9. The number of rotatable bonds is 3. The van der Waals surface area contributed by atoms with E-state index in [0.29, 0.717) is 22.4 Å². The molecule has 0 fully saturated rings. The second kappa shape index (κ2) is 4.62. The molecule has 19 heavy (non-hydrogen) atoms. The van der Waals surface area contributed by atoms with Crippen molar-refractivity contribution in [2.45, 2.75) is 0 Å². The molecule has 0 aliphatic rings. The molecule has 0 atom stereocenters. The van der Waals surface area contributed by atoms with Crippen molar-refractivity contribution in [3.63, 3.8) is 0 Å². The first-order valence-electron chi connectivity index (χ1n) is 5.76. The maximum absolute atomic E-state index is 9.34. The van der Waals surface area contributed by atoms with Crippen molar-refractivity contribution < 1.29 is 24.1 Å². The number of hydrogen-bond donors (Lipinski definition) is 3. The maximum atomic E-state index is 9.34. The first-order valence-corrected chi connectivity index (χ1v) is 5.76. The van der Waals surface area contributed by atoms with Crippen LogP contribution in [0.4, 0.5) is 0 Å². The van der Waals surface area contributed by atoms with Crippen molar-refractivity contribution in [2.75, 3.05) is 0 Å². The SMILES string of the molecule is OBOc1cccc2c1oc1c(B(O)O)cccc12. The summed E-state index contributed by atoms with van der Waals surface area (Å²) in [5.41, 5.74) is 1.17. The lowest BCUT2D eigenvalue weighted by molar-refractivity contribution is 0.425. The molecule has 0 aliphatic carbocycles. The Labute approximate surface area is 109 Å². The van der Waals surface area contributed by atoms with Gasteiger partial charge in [-0.2, -0.15) is 0 Å². The van der Waals surface area contributed by atoms with Gasteiger partial charge in [0.15, 0.2) is 5.58 Å². The van der Waals surface area contributed by atoms with Crippen molar-refractivity contribution in [3.8, 4) is 5.75 Å². The van der Waals surface area contributed by atoms with Crippen LogP contribution in [0.15, 0.2) is 40.8 Å². The Morgan fingerprint density at radius 2 is 1.68 bits per heavy atom. The van der Waals surface area contributed by atoms with E-state index in [9.17, 15) is 10.0 Å². The summed E-state index contributed by atoms with van der Waals surface area (Å²) < 4.78 is 10.8. The van der Waals surface area contributed by atoms with Gasteiger partial charge in [-0.15, -0.1) is 0 Å². The summed E-state index contributed by atoms with van der Waals surface area (Å²) in [5.74, 6) is 0.412. The molecule has 0 saturated carbocycles. The maximum Gasteiger partial charge on any atom is 0.504 e. The topological polar surface area (TPSA) is 83.1 Å². The number of furan rings is 1. The Bertz CT molecular complexity index is 737. The van der Waals surface area contributed by atoms with Crippen LogP contribution in [0.1, 0.15) is 0 Å². The van der Waals surface area contributed by atoms with Gasteiger partial charge in [0.25, 0.3) is 0 Å². The molecule has 1 heterocycles. The standard InChI is InChI=1S/C12H10B2O5/c15-13-19-10-6-2-4-8-7-3-1-5-9(14(16)17)11(7)18-12(8)10/h1-6,13,15-17H. The van der Waals surface area contributed by atoms with Crippen LogP contribution in [-0.2, 0) is 0 Å². The molecule has 1 aromatic heterocycles. The molecule has 2 aromatic carbocycles. The molecule has 0 aliphatic heterocycles. The minimum absolute atomic E-state index is 0.295. The molecule has 0 saturated heterocycles. The highest BCUT2D eigenvalue weighted by molar-refractivity contribution is 6.61. The summed E-state index contributed by atoms with van der Waals surface area (Å²) in [5, 5.41) is 29.1. The third kappa shape index (κ3) is 1.88. The third-order valence-corrected chi connectivity index (χ3v) is 3.02. The van der Waals surface area contributed by atoms with Crippen LogP contribution in [0.25, 0.3) is 21.9 Å². The van der Waals surface area contributed by atoms with Crippen LogP contribution in [0, 0.1) is 0 Å². The van der Waals surface area contributed by atoms with E-state index in [1.54, 1.807) is 24.3 Å². The van der Waals surface area contributed by atoms with Crippen LogP contribution >= 0.6 is 0 Å². The monoisotopic (exact) mass is 256 g/mol. The van der Waals surface area contributed by atoms with Crippen LogP contribution in [-0.4, -0.2) is 29.9 Å². The molecule has 0 unspecified atom stereocenters. The van der Waals surface area contributed by atoms with Crippen LogP contribution < -0.4 is 10.1 Å². The fourth-order valence-electron chi connectivity index (χ4n) is 2.20. The number of fused-ring (bicyclic) bond motifs is 3. The van der Waals surface area contributed by atoms with Crippen LogP contribution in [0.2, 0.25) is 0 Å². The zero-order chi connectivity index (χ0) is 13.4. The van der Waals surface area contributed by atoms with Gasteiger partial charge >= 0.3 is 14.8 Å². The van der Waals surface area contributed by atoms with E-state index in [1.807, 2.05) is 12.1 Å². The highest BCUT2D eigenvalue weighted by atomic mass is 16.5. The van der Waals surface area contributed by atoms with Crippen molar-refractivity contribution in [3.05, 3.63) is 36.4 Å². The quantitative estimate of drug-likeness (QED) is 0.570. The van der Waals surface area contributed by atoms with E-state index >= 15 is 0 Å². The Kier molecular flexibility index (Phi) is 2.94. The minimum atomic E-state index is -1.61. The van der Waals surface area contributed by atoms with Crippen LogP contribution in [0.5, 0.6) is 5.75 Å². The van der Waals surface area contributed by atoms with Crippen LogP contribution in [0.3, 0.4) is 0 Å². The highest BCUT2D eigenvalue weighted by Gasteiger charge is 2.20. The highest BCUT2D eigenvalue weighted by Crippen LogP contribution is 2.33. The van der Waals surface area contributed by atoms with Gasteiger partial charge in [-0.3, -0.25) is 0 Å². The van der Waals surface area contributed by atoms with Crippen molar-refractivity contribution in [2.24, 2.45) is 0 Å². The molecule has 0 bridgehead atoms. The number of hydrogen-bond acceptors (Lipinski definition) is 5. The molecular weight excluding hydrogens is 246 g/mol. The molecule has 7 heteroatoms. The average molecular weight is 256 g/mol. The molecule has 3 N–H and O–H groups in total. The predicted molar refractivity (Wildman–Crippen MR) is 73.5 cm³/mol. The second-order valence-corrected chi connectivity index (χ2v) is 4.11. The zero-order valence-electron chi connectivity index (χ0n) is 9.91. The second-order valence-electron chi connectivity index (χ2n) is 4.11. The van der Waals surface area contributed by atoms with Gasteiger partial charge in [-0.25, -0.2) is 0 Å². The minimum Gasteiger partial charge on any atom is -0.536 e. The summed E-state index contributed by atoms with van der Waals surface area (Å²) in [6.07, 6.45) is 0. The van der Waals surface area contributed by atoms with Gasteiger partial charge in [0.1, 0.15) is 11.3 Å². The Hall–Kier alpha value is -1.95. The summed E-state index contributed by atoms with van der Waals surface area (Å²) in [6.45, 7) is 0. The summed E-state index contributed by atoms with van der Waals surface area (Å²) in [7, 11) is -2.06. The lowest BCUT2D eigenvalue weighted by atomic mass is 9.79. The first kappa shape index (κ1) is 12.1. The van der Waals surface area contributed by atoms with E-state index in [2.05, 4.69) is 0 Å². The zero-order valence-corrected chi connectivity index (χ0v) is 9.91. The largest absolute Gasteiger partial charge is 0.536 e. The van der Waals surface area contributed by atoms with Gasteiger partial charge < -0.3 is 24.1 Å². The number of para-hydroxylation sites is 2. The summed E-state index contributed by atoms with van der Waals surface area (Å²) in [4.78, 5) is 0. The van der Waals surface area contributed by atoms with Crippen molar-refractivity contribution >= 4 is 42.2 Å². The van der Waals surface area contributed by atoms with Gasteiger partial charge in [-0.1, -0.05) is 30.3 Å². The van der Waals surface area contributed by atoms with Crippen molar-refractivity contribution in [1.82, 2.24) is 0 Å². The molecule has 0 radical (unpaired) electrons. The molecular formula is C12H10B2O5.